The third-order valence-electron chi connectivity index (χ3n) is 5.06. The molecule has 2 aromatic carbocycles. The summed E-state index contributed by atoms with van der Waals surface area (Å²) in [4.78, 5) is 12.4. The van der Waals surface area contributed by atoms with Crippen molar-refractivity contribution in [1.82, 2.24) is 0 Å². The van der Waals surface area contributed by atoms with E-state index in [0.717, 1.165) is 17.1 Å². The molecular weight excluding hydrogens is 328 g/mol. The van der Waals surface area contributed by atoms with Crippen LogP contribution < -0.4 is 4.74 Å². The molecule has 0 heterocycles. The van der Waals surface area contributed by atoms with Gasteiger partial charge in [0.15, 0.2) is 0 Å². The summed E-state index contributed by atoms with van der Waals surface area (Å²) in [6.45, 7) is 7.69. The second-order valence-corrected chi connectivity index (χ2v) is 7.24. The fraction of sp³-hybridized carbons (Fsp3) is 0.409. The van der Waals surface area contributed by atoms with Crippen molar-refractivity contribution >= 4 is 5.97 Å². The lowest BCUT2D eigenvalue weighted by molar-refractivity contribution is -0.147. The lowest BCUT2D eigenvalue weighted by Gasteiger charge is -2.09. The zero-order valence-corrected chi connectivity index (χ0v) is 15.6. The van der Waals surface area contributed by atoms with Gasteiger partial charge in [-0.15, -0.1) is 0 Å². The summed E-state index contributed by atoms with van der Waals surface area (Å²) in [5.41, 5.74) is 0.858. The molecule has 0 spiro atoms. The molecule has 2 atom stereocenters. The Hall–Kier alpha value is -2.33. The summed E-state index contributed by atoms with van der Waals surface area (Å²) in [5.74, 6) is 1.51. The Bertz CT molecular complexity index is 739. The SMILES string of the molecule is CCOC[C@H]1[C@@H](C(=O)OCc2cccc(Oc3ccccc3)c2)C1(C)C. The van der Waals surface area contributed by atoms with E-state index >= 15 is 0 Å². The first-order valence-corrected chi connectivity index (χ1v) is 9.08. The Kier molecular flexibility index (Phi) is 5.62. The quantitative estimate of drug-likeness (QED) is 0.637. The minimum Gasteiger partial charge on any atom is -0.461 e. The Morgan fingerprint density at radius 2 is 1.77 bits per heavy atom. The number of ether oxygens (including phenoxy) is 3. The smallest absolute Gasteiger partial charge is 0.310 e. The van der Waals surface area contributed by atoms with Crippen molar-refractivity contribution in [1.29, 1.82) is 0 Å². The molecule has 0 N–H and O–H groups in total. The largest absolute Gasteiger partial charge is 0.461 e. The molecule has 3 rings (SSSR count). The van der Waals surface area contributed by atoms with Crippen LogP contribution in [0.25, 0.3) is 0 Å². The van der Waals surface area contributed by atoms with E-state index in [1.807, 2.05) is 61.5 Å². The molecule has 0 aromatic heterocycles. The van der Waals surface area contributed by atoms with Gasteiger partial charge in [-0.1, -0.05) is 44.2 Å². The maximum atomic E-state index is 12.4. The number of hydrogen-bond acceptors (Lipinski definition) is 4. The van der Waals surface area contributed by atoms with E-state index in [2.05, 4.69) is 13.8 Å². The molecule has 1 fully saturated rings. The average Bonchev–Trinajstić information content (AvgIpc) is 3.19. The fourth-order valence-corrected chi connectivity index (χ4v) is 3.34. The van der Waals surface area contributed by atoms with Gasteiger partial charge in [-0.25, -0.2) is 0 Å². The second kappa shape index (κ2) is 7.92. The molecule has 4 heteroatoms. The number of carbonyl (C=O) groups is 1. The van der Waals surface area contributed by atoms with Crippen LogP contribution in [0.3, 0.4) is 0 Å². The average molecular weight is 354 g/mol. The number of carbonyl (C=O) groups excluding carboxylic acids is 1. The van der Waals surface area contributed by atoms with E-state index < -0.39 is 0 Å². The highest BCUT2D eigenvalue weighted by Gasteiger charge is 2.62. The van der Waals surface area contributed by atoms with Gasteiger partial charge in [-0.3, -0.25) is 4.79 Å². The zero-order chi connectivity index (χ0) is 18.6. The Labute approximate surface area is 155 Å². The van der Waals surface area contributed by atoms with Gasteiger partial charge in [0, 0.05) is 12.5 Å². The summed E-state index contributed by atoms with van der Waals surface area (Å²) < 4.78 is 16.9. The molecule has 1 aliphatic carbocycles. The highest BCUT2D eigenvalue weighted by Crippen LogP contribution is 2.58. The van der Waals surface area contributed by atoms with Gasteiger partial charge in [0.05, 0.1) is 12.5 Å². The second-order valence-electron chi connectivity index (χ2n) is 7.24. The molecular formula is C22H26O4. The Balaban J connectivity index is 1.55. The van der Waals surface area contributed by atoms with Crippen molar-refractivity contribution in [3.05, 3.63) is 60.2 Å². The van der Waals surface area contributed by atoms with Crippen molar-refractivity contribution < 1.29 is 19.0 Å². The highest BCUT2D eigenvalue weighted by atomic mass is 16.5. The summed E-state index contributed by atoms with van der Waals surface area (Å²) >= 11 is 0. The van der Waals surface area contributed by atoms with Crippen LogP contribution >= 0.6 is 0 Å². The minimum atomic E-state index is -0.144. The van der Waals surface area contributed by atoms with Crippen LogP contribution in [0.2, 0.25) is 0 Å². The highest BCUT2D eigenvalue weighted by molar-refractivity contribution is 5.77. The molecule has 1 aliphatic rings. The number of para-hydroxylation sites is 1. The van der Waals surface area contributed by atoms with E-state index in [0.29, 0.717) is 13.2 Å². The first-order chi connectivity index (χ1) is 12.5. The zero-order valence-electron chi connectivity index (χ0n) is 15.6. The summed E-state index contributed by atoms with van der Waals surface area (Å²) in [6.07, 6.45) is 0. The number of benzene rings is 2. The summed E-state index contributed by atoms with van der Waals surface area (Å²) in [6, 6.07) is 17.2. The van der Waals surface area contributed by atoms with Crippen molar-refractivity contribution in [2.75, 3.05) is 13.2 Å². The number of esters is 1. The van der Waals surface area contributed by atoms with Crippen LogP contribution in [0.5, 0.6) is 11.5 Å². The number of rotatable bonds is 8. The first-order valence-electron chi connectivity index (χ1n) is 9.08. The maximum Gasteiger partial charge on any atom is 0.310 e. The molecule has 0 radical (unpaired) electrons. The standard InChI is InChI=1S/C22H26O4/c1-4-24-15-19-20(22(19,2)3)21(23)25-14-16-9-8-12-18(13-16)26-17-10-6-5-7-11-17/h5-13,19-20H,4,14-15H2,1-3H3/t19-,20-/m0/s1. The van der Waals surface area contributed by atoms with Gasteiger partial charge in [0.2, 0.25) is 0 Å². The van der Waals surface area contributed by atoms with Gasteiger partial charge in [0.25, 0.3) is 0 Å². The molecule has 138 valence electrons. The van der Waals surface area contributed by atoms with E-state index in [4.69, 9.17) is 14.2 Å². The number of hydrogen-bond donors (Lipinski definition) is 0. The van der Waals surface area contributed by atoms with Crippen LogP contribution in [-0.2, 0) is 20.9 Å². The van der Waals surface area contributed by atoms with E-state index in [1.54, 1.807) is 0 Å². The van der Waals surface area contributed by atoms with Gasteiger partial charge < -0.3 is 14.2 Å². The first kappa shape index (κ1) is 18.5. The Morgan fingerprint density at radius 3 is 2.50 bits per heavy atom. The lowest BCUT2D eigenvalue weighted by atomic mass is 10.1. The molecule has 4 nitrogen and oxygen atoms in total. The van der Waals surface area contributed by atoms with E-state index in [9.17, 15) is 4.79 Å². The lowest BCUT2D eigenvalue weighted by Crippen LogP contribution is -2.11. The third-order valence-corrected chi connectivity index (χ3v) is 5.06. The van der Waals surface area contributed by atoms with Crippen LogP contribution in [0.15, 0.2) is 54.6 Å². The van der Waals surface area contributed by atoms with Crippen LogP contribution in [0.1, 0.15) is 26.3 Å². The van der Waals surface area contributed by atoms with Crippen molar-refractivity contribution in [3.63, 3.8) is 0 Å². The van der Waals surface area contributed by atoms with Crippen LogP contribution in [-0.4, -0.2) is 19.2 Å². The molecule has 2 aromatic rings. The molecule has 0 unspecified atom stereocenters. The third kappa shape index (κ3) is 4.25. The van der Waals surface area contributed by atoms with Gasteiger partial charge >= 0.3 is 5.97 Å². The predicted molar refractivity (Wildman–Crippen MR) is 100 cm³/mol. The molecule has 0 aliphatic heterocycles. The van der Waals surface area contributed by atoms with Crippen molar-refractivity contribution in [3.8, 4) is 11.5 Å². The molecule has 26 heavy (non-hydrogen) atoms. The minimum absolute atomic E-state index is 0.0511. The van der Waals surface area contributed by atoms with Gasteiger partial charge in [-0.05, 0) is 42.2 Å². The molecule has 0 amide bonds. The molecule has 1 saturated carbocycles. The maximum absolute atomic E-state index is 12.4. The normalized spacial score (nSPS) is 20.4. The molecule has 0 bridgehead atoms. The van der Waals surface area contributed by atoms with E-state index in [1.165, 1.54) is 0 Å². The van der Waals surface area contributed by atoms with Crippen LogP contribution in [0, 0.1) is 17.3 Å². The van der Waals surface area contributed by atoms with E-state index in [-0.39, 0.29) is 29.8 Å². The van der Waals surface area contributed by atoms with Gasteiger partial charge in [-0.2, -0.15) is 0 Å². The predicted octanol–water partition coefficient (Wildman–Crippen LogP) is 4.83. The van der Waals surface area contributed by atoms with Crippen molar-refractivity contribution in [2.45, 2.75) is 27.4 Å². The van der Waals surface area contributed by atoms with Gasteiger partial charge in [0.1, 0.15) is 18.1 Å². The molecule has 0 saturated heterocycles. The topological polar surface area (TPSA) is 44.8 Å². The summed E-state index contributed by atoms with van der Waals surface area (Å²) in [7, 11) is 0. The summed E-state index contributed by atoms with van der Waals surface area (Å²) in [5, 5.41) is 0. The Morgan fingerprint density at radius 1 is 1.04 bits per heavy atom. The monoisotopic (exact) mass is 354 g/mol. The van der Waals surface area contributed by atoms with Crippen LogP contribution in [0.4, 0.5) is 0 Å². The fourth-order valence-electron chi connectivity index (χ4n) is 3.34. The van der Waals surface area contributed by atoms with Crippen molar-refractivity contribution in [2.24, 2.45) is 17.3 Å².